The fourth-order valence-electron chi connectivity index (χ4n) is 1.09. The van der Waals surface area contributed by atoms with E-state index in [1.807, 2.05) is 27.7 Å². The zero-order chi connectivity index (χ0) is 9.45. The second kappa shape index (κ2) is 8.65. The Morgan fingerprint density at radius 3 is 1.23 bits per heavy atom. The van der Waals surface area contributed by atoms with E-state index in [0.717, 1.165) is 6.04 Å². The van der Waals surface area contributed by atoms with Crippen LogP contribution in [0.15, 0.2) is 0 Å². The van der Waals surface area contributed by atoms with Crippen molar-refractivity contribution in [3.05, 3.63) is 0 Å². The molecule has 0 radical (unpaired) electrons. The van der Waals surface area contributed by atoms with Gasteiger partial charge in [0.2, 0.25) is 0 Å². The van der Waals surface area contributed by atoms with E-state index >= 15 is 0 Å². The van der Waals surface area contributed by atoms with Crippen molar-refractivity contribution >= 4 is 8.80 Å². The van der Waals surface area contributed by atoms with Crippen LogP contribution >= 0.6 is 0 Å². The quantitative estimate of drug-likeness (QED) is 0.653. The molecule has 0 atom stereocenters. The minimum absolute atomic E-state index is 0. The fourth-order valence-corrected chi connectivity index (χ4v) is 3.27. The third kappa shape index (κ3) is 5.38. The summed E-state index contributed by atoms with van der Waals surface area (Å²) in [5.74, 6) is 0. The van der Waals surface area contributed by atoms with Crippen LogP contribution in [-0.2, 0) is 13.3 Å². The zero-order valence-electron chi connectivity index (χ0n) is 9.26. The van der Waals surface area contributed by atoms with Crippen LogP contribution < -0.4 is 6.15 Å². The third-order valence-corrected chi connectivity index (χ3v) is 4.58. The Morgan fingerprint density at radius 2 is 1.08 bits per heavy atom. The summed E-state index contributed by atoms with van der Waals surface area (Å²) < 4.78 is 16.7. The second-order valence-corrected chi connectivity index (χ2v) is 5.27. The SMILES string of the molecule is CCO[Si](CC)(OCC)OCC.N. The molecule has 0 spiro atoms. The molecule has 0 aromatic heterocycles. The van der Waals surface area contributed by atoms with Crippen LogP contribution in [0.25, 0.3) is 0 Å². The summed E-state index contributed by atoms with van der Waals surface area (Å²) in [6, 6.07) is 0.850. The number of rotatable bonds is 7. The molecular formula is C8H23NO3Si. The van der Waals surface area contributed by atoms with Crippen LogP contribution in [0.4, 0.5) is 0 Å². The molecule has 3 N–H and O–H groups in total. The van der Waals surface area contributed by atoms with Crippen LogP contribution in [0.2, 0.25) is 6.04 Å². The topological polar surface area (TPSA) is 62.7 Å². The molecule has 0 aromatic carbocycles. The first-order valence-electron chi connectivity index (χ1n) is 4.66. The molecule has 0 fully saturated rings. The van der Waals surface area contributed by atoms with Crippen molar-refractivity contribution in [1.29, 1.82) is 0 Å². The van der Waals surface area contributed by atoms with Crippen LogP contribution in [0.5, 0.6) is 0 Å². The van der Waals surface area contributed by atoms with Gasteiger partial charge in [-0.25, -0.2) is 0 Å². The summed E-state index contributed by atoms with van der Waals surface area (Å²) in [4.78, 5) is 0. The highest BCUT2D eigenvalue weighted by atomic mass is 28.4. The Morgan fingerprint density at radius 1 is 0.769 bits per heavy atom. The van der Waals surface area contributed by atoms with E-state index in [0.29, 0.717) is 19.8 Å². The minimum atomic E-state index is -2.27. The van der Waals surface area contributed by atoms with Gasteiger partial charge in [-0.2, -0.15) is 0 Å². The van der Waals surface area contributed by atoms with E-state index in [2.05, 4.69) is 0 Å². The zero-order valence-corrected chi connectivity index (χ0v) is 10.3. The molecule has 0 aliphatic heterocycles. The third-order valence-electron chi connectivity index (χ3n) is 1.53. The summed E-state index contributed by atoms with van der Waals surface area (Å²) >= 11 is 0. The van der Waals surface area contributed by atoms with Crippen molar-refractivity contribution in [3.8, 4) is 0 Å². The van der Waals surface area contributed by atoms with Gasteiger partial charge >= 0.3 is 8.80 Å². The normalized spacial score (nSPS) is 11.1. The molecule has 0 unspecified atom stereocenters. The summed E-state index contributed by atoms with van der Waals surface area (Å²) in [7, 11) is -2.27. The number of hydrogen-bond acceptors (Lipinski definition) is 4. The van der Waals surface area contributed by atoms with Crippen LogP contribution in [0, 0.1) is 0 Å². The molecule has 13 heavy (non-hydrogen) atoms. The maximum absolute atomic E-state index is 5.55. The Hall–Kier alpha value is 0.0569. The summed E-state index contributed by atoms with van der Waals surface area (Å²) in [6.07, 6.45) is 0. The van der Waals surface area contributed by atoms with Crippen LogP contribution in [-0.4, -0.2) is 28.6 Å². The van der Waals surface area contributed by atoms with Crippen molar-refractivity contribution < 1.29 is 13.3 Å². The van der Waals surface area contributed by atoms with Gasteiger partial charge in [0.1, 0.15) is 0 Å². The monoisotopic (exact) mass is 209 g/mol. The average molecular weight is 209 g/mol. The van der Waals surface area contributed by atoms with Gasteiger partial charge in [0, 0.05) is 25.9 Å². The first-order valence-corrected chi connectivity index (χ1v) is 6.59. The molecule has 0 aromatic rings. The van der Waals surface area contributed by atoms with E-state index in [-0.39, 0.29) is 6.15 Å². The molecule has 0 saturated carbocycles. The predicted molar refractivity (Wildman–Crippen MR) is 56.1 cm³/mol. The van der Waals surface area contributed by atoms with E-state index < -0.39 is 8.80 Å². The summed E-state index contributed by atoms with van der Waals surface area (Å²) in [6.45, 7) is 9.95. The molecule has 0 aliphatic rings. The molecule has 0 saturated heterocycles. The largest absolute Gasteiger partial charge is 0.500 e. The molecule has 5 heteroatoms. The van der Waals surface area contributed by atoms with Crippen LogP contribution in [0.1, 0.15) is 27.7 Å². The van der Waals surface area contributed by atoms with Gasteiger partial charge < -0.3 is 19.4 Å². The molecular weight excluding hydrogens is 186 g/mol. The lowest BCUT2D eigenvalue weighted by molar-refractivity contribution is 0.0725. The molecule has 0 bridgehead atoms. The van der Waals surface area contributed by atoms with Gasteiger partial charge in [0.05, 0.1) is 0 Å². The van der Waals surface area contributed by atoms with Crippen molar-refractivity contribution in [2.75, 3.05) is 19.8 Å². The molecule has 0 heterocycles. The van der Waals surface area contributed by atoms with Gasteiger partial charge in [0.25, 0.3) is 0 Å². The Balaban J connectivity index is 0. The Kier molecular flexibility index (Phi) is 10.3. The highest BCUT2D eigenvalue weighted by Gasteiger charge is 2.37. The highest BCUT2D eigenvalue weighted by Crippen LogP contribution is 2.14. The molecule has 4 nitrogen and oxygen atoms in total. The maximum atomic E-state index is 5.55. The van der Waals surface area contributed by atoms with Gasteiger partial charge in [0.15, 0.2) is 0 Å². The average Bonchev–Trinajstić information content (AvgIpc) is 2.06. The van der Waals surface area contributed by atoms with E-state index in [9.17, 15) is 0 Å². The second-order valence-electron chi connectivity index (χ2n) is 2.34. The fraction of sp³-hybridized carbons (Fsp3) is 1.00. The lowest BCUT2D eigenvalue weighted by atomic mass is 10.9. The van der Waals surface area contributed by atoms with Crippen molar-refractivity contribution in [1.82, 2.24) is 6.15 Å². The molecule has 0 amide bonds. The maximum Gasteiger partial charge on any atom is 0.500 e. The van der Waals surface area contributed by atoms with Crippen molar-refractivity contribution in [3.63, 3.8) is 0 Å². The first kappa shape index (κ1) is 15.5. The molecule has 0 rings (SSSR count). The minimum Gasteiger partial charge on any atom is -0.374 e. The first-order chi connectivity index (χ1) is 5.74. The van der Waals surface area contributed by atoms with Gasteiger partial charge in [-0.15, -0.1) is 0 Å². The Bertz CT molecular complexity index is 96.5. The lowest BCUT2D eigenvalue weighted by Crippen LogP contribution is -2.45. The van der Waals surface area contributed by atoms with E-state index in [4.69, 9.17) is 13.3 Å². The van der Waals surface area contributed by atoms with Crippen LogP contribution in [0.3, 0.4) is 0 Å². The predicted octanol–water partition coefficient (Wildman–Crippen LogP) is 2.22. The molecule has 82 valence electrons. The highest BCUT2D eigenvalue weighted by molar-refractivity contribution is 6.60. The standard InChI is InChI=1S/C8H20O3Si.H3N/c1-5-9-12(8-4,10-6-2)11-7-3;/h5-8H2,1-4H3;1H3. The summed E-state index contributed by atoms with van der Waals surface area (Å²) in [5, 5.41) is 0. The summed E-state index contributed by atoms with van der Waals surface area (Å²) in [5.41, 5.74) is 0. The lowest BCUT2D eigenvalue weighted by Gasteiger charge is -2.26. The van der Waals surface area contributed by atoms with Crippen molar-refractivity contribution in [2.45, 2.75) is 33.7 Å². The van der Waals surface area contributed by atoms with Gasteiger partial charge in [-0.05, 0) is 20.8 Å². The van der Waals surface area contributed by atoms with Gasteiger partial charge in [-0.1, -0.05) is 6.92 Å². The smallest absolute Gasteiger partial charge is 0.374 e. The molecule has 0 aliphatic carbocycles. The van der Waals surface area contributed by atoms with E-state index in [1.165, 1.54) is 0 Å². The van der Waals surface area contributed by atoms with Crippen molar-refractivity contribution in [2.24, 2.45) is 0 Å². The number of hydrogen-bond donors (Lipinski definition) is 1. The van der Waals surface area contributed by atoms with Gasteiger partial charge in [-0.3, -0.25) is 0 Å². The Labute approximate surface area is 82.5 Å². The van der Waals surface area contributed by atoms with E-state index in [1.54, 1.807) is 0 Å².